The first-order valence-electron chi connectivity index (χ1n) is 9.23. The van der Waals surface area contributed by atoms with Crippen LogP contribution in [-0.4, -0.2) is 57.8 Å². The predicted octanol–water partition coefficient (Wildman–Crippen LogP) is 2.26. The van der Waals surface area contributed by atoms with Crippen molar-refractivity contribution in [1.82, 2.24) is 19.9 Å². The summed E-state index contributed by atoms with van der Waals surface area (Å²) in [5, 5.41) is 14.4. The van der Waals surface area contributed by atoms with E-state index in [0.29, 0.717) is 6.54 Å². The van der Waals surface area contributed by atoms with Gasteiger partial charge in [-0.2, -0.15) is 4.98 Å². The maximum absolute atomic E-state index is 10.4. The zero-order chi connectivity index (χ0) is 17.5. The average molecular weight is 344 g/mol. The van der Waals surface area contributed by atoms with Crippen molar-refractivity contribution in [1.29, 1.82) is 0 Å². The lowest BCUT2D eigenvalue weighted by Gasteiger charge is -2.35. The van der Waals surface area contributed by atoms with Gasteiger partial charge in [-0.05, 0) is 12.0 Å². The van der Waals surface area contributed by atoms with Crippen LogP contribution in [0.1, 0.15) is 43.1 Å². The second kappa shape index (κ2) is 9.08. The number of aliphatic hydroxyl groups is 1. The zero-order valence-electron chi connectivity index (χ0n) is 15.0. The fraction of sp³-hybridized carbons (Fsp3) is 0.579. The van der Waals surface area contributed by atoms with Crippen LogP contribution >= 0.6 is 0 Å². The van der Waals surface area contributed by atoms with Gasteiger partial charge in [-0.25, -0.2) is 0 Å². The van der Waals surface area contributed by atoms with Crippen molar-refractivity contribution in [3.8, 4) is 0 Å². The third-order valence-electron chi connectivity index (χ3n) is 4.70. The second-order valence-electron chi connectivity index (χ2n) is 6.71. The Labute approximate surface area is 149 Å². The molecule has 1 aromatic carbocycles. The first-order chi connectivity index (χ1) is 12.2. The molecule has 6 nitrogen and oxygen atoms in total. The standard InChI is InChI=1S/C19H28N4O2/c1-2-3-9-19-20-18(21-25-19)15-23-12-10-22(11-13-23)14-17(24)16-7-5-4-6-8-16/h4-8,17,24H,2-3,9-15H2,1H3/t17-/m1/s1. The number of β-amino-alcohol motifs (C(OH)–C–C–N with tert-alkyl or cyclic N) is 1. The number of benzene rings is 1. The molecule has 0 radical (unpaired) electrons. The summed E-state index contributed by atoms with van der Waals surface area (Å²) < 4.78 is 5.30. The fourth-order valence-corrected chi connectivity index (χ4v) is 3.14. The molecule has 25 heavy (non-hydrogen) atoms. The van der Waals surface area contributed by atoms with Crippen molar-refractivity contribution in [2.24, 2.45) is 0 Å². The Morgan fingerprint density at radius 3 is 2.56 bits per heavy atom. The lowest BCUT2D eigenvalue weighted by atomic mass is 10.1. The van der Waals surface area contributed by atoms with Gasteiger partial charge in [-0.1, -0.05) is 48.8 Å². The quantitative estimate of drug-likeness (QED) is 0.792. The molecule has 1 N–H and O–H groups in total. The lowest BCUT2D eigenvalue weighted by molar-refractivity contribution is 0.0690. The summed E-state index contributed by atoms with van der Waals surface area (Å²) in [6.07, 6.45) is 2.67. The van der Waals surface area contributed by atoms with Gasteiger partial charge in [-0.15, -0.1) is 0 Å². The number of hydrogen-bond acceptors (Lipinski definition) is 6. The van der Waals surface area contributed by atoms with Crippen molar-refractivity contribution < 1.29 is 9.63 Å². The zero-order valence-corrected chi connectivity index (χ0v) is 15.0. The molecule has 6 heteroatoms. The van der Waals surface area contributed by atoms with E-state index in [-0.39, 0.29) is 0 Å². The summed E-state index contributed by atoms with van der Waals surface area (Å²) in [7, 11) is 0. The highest BCUT2D eigenvalue weighted by molar-refractivity contribution is 5.17. The van der Waals surface area contributed by atoms with Crippen LogP contribution in [0.4, 0.5) is 0 Å². The molecule has 0 unspecified atom stereocenters. The Kier molecular flexibility index (Phi) is 6.55. The number of nitrogens with zero attached hydrogens (tertiary/aromatic N) is 4. The summed E-state index contributed by atoms with van der Waals surface area (Å²) in [6.45, 7) is 7.40. The Morgan fingerprint density at radius 2 is 1.84 bits per heavy atom. The average Bonchev–Trinajstić information content (AvgIpc) is 3.09. The van der Waals surface area contributed by atoms with Crippen LogP contribution in [0.2, 0.25) is 0 Å². The van der Waals surface area contributed by atoms with Crippen LogP contribution in [0.25, 0.3) is 0 Å². The largest absolute Gasteiger partial charge is 0.387 e. The van der Waals surface area contributed by atoms with E-state index in [0.717, 1.165) is 69.3 Å². The molecule has 0 spiro atoms. The highest BCUT2D eigenvalue weighted by Crippen LogP contribution is 2.15. The molecule has 1 aliphatic heterocycles. The molecule has 1 atom stereocenters. The van der Waals surface area contributed by atoms with E-state index in [9.17, 15) is 5.11 Å². The van der Waals surface area contributed by atoms with Crippen molar-refractivity contribution in [3.05, 3.63) is 47.6 Å². The first-order valence-corrected chi connectivity index (χ1v) is 9.23. The van der Waals surface area contributed by atoms with E-state index in [4.69, 9.17) is 4.52 Å². The van der Waals surface area contributed by atoms with Crippen LogP contribution in [0.5, 0.6) is 0 Å². The van der Waals surface area contributed by atoms with Gasteiger partial charge in [0.05, 0.1) is 12.6 Å². The Hall–Kier alpha value is -1.76. The molecular formula is C19H28N4O2. The minimum atomic E-state index is -0.425. The van der Waals surface area contributed by atoms with Gasteiger partial charge in [0.15, 0.2) is 5.82 Å². The number of aromatic nitrogens is 2. The molecule has 1 aliphatic rings. The maximum Gasteiger partial charge on any atom is 0.226 e. The monoisotopic (exact) mass is 344 g/mol. The van der Waals surface area contributed by atoms with E-state index < -0.39 is 6.10 Å². The van der Waals surface area contributed by atoms with Crippen molar-refractivity contribution in [2.75, 3.05) is 32.7 Å². The van der Waals surface area contributed by atoms with E-state index in [1.807, 2.05) is 30.3 Å². The number of piperazine rings is 1. The van der Waals surface area contributed by atoms with Crippen LogP contribution in [0, 0.1) is 0 Å². The highest BCUT2D eigenvalue weighted by Gasteiger charge is 2.21. The molecule has 1 saturated heterocycles. The third-order valence-corrected chi connectivity index (χ3v) is 4.70. The minimum Gasteiger partial charge on any atom is -0.387 e. The van der Waals surface area contributed by atoms with Gasteiger partial charge >= 0.3 is 0 Å². The number of hydrogen-bond donors (Lipinski definition) is 1. The number of unbranched alkanes of at least 4 members (excludes halogenated alkanes) is 1. The highest BCUT2D eigenvalue weighted by atomic mass is 16.5. The fourth-order valence-electron chi connectivity index (χ4n) is 3.14. The topological polar surface area (TPSA) is 65.6 Å². The van der Waals surface area contributed by atoms with E-state index in [1.54, 1.807) is 0 Å². The van der Waals surface area contributed by atoms with Crippen molar-refractivity contribution >= 4 is 0 Å². The molecule has 0 saturated carbocycles. The predicted molar refractivity (Wildman–Crippen MR) is 96.0 cm³/mol. The van der Waals surface area contributed by atoms with Gasteiger partial charge in [0.25, 0.3) is 0 Å². The Bertz CT molecular complexity index is 623. The van der Waals surface area contributed by atoms with Crippen LogP contribution < -0.4 is 0 Å². The molecule has 3 rings (SSSR count). The van der Waals surface area contributed by atoms with Gasteiger partial charge in [0, 0.05) is 39.1 Å². The summed E-state index contributed by atoms with van der Waals surface area (Å²) in [4.78, 5) is 9.14. The first kappa shape index (κ1) is 18.0. The van der Waals surface area contributed by atoms with Gasteiger partial charge in [-0.3, -0.25) is 9.80 Å². The molecule has 2 aromatic rings. The second-order valence-corrected chi connectivity index (χ2v) is 6.71. The van der Waals surface area contributed by atoms with Gasteiger partial charge < -0.3 is 9.63 Å². The minimum absolute atomic E-state index is 0.425. The van der Waals surface area contributed by atoms with Crippen LogP contribution in [0.3, 0.4) is 0 Å². The molecule has 0 amide bonds. The van der Waals surface area contributed by atoms with E-state index >= 15 is 0 Å². The van der Waals surface area contributed by atoms with Crippen LogP contribution in [-0.2, 0) is 13.0 Å². The SMILES string of the molecule is CCCCc1nc(CN2CCN(C[C@@H](O)c3ccccc3)CC2)no1. The lowest BCUT2D eigenvalue weighted by Crippen LogP contribution is -2.47. The van der Waals surface area contributed by atoms with Crippen LogP contribution in [0.15, 0.2) is 34.9 Å². The summed E-state index contributed by atoms with van der Waals surface area (Å²) in [6, 6.07) is 9.87. The number of aryl methyl sites for hydroxylation is 1. The molecule has 1 fully saturated rings. The van der Waals surface area contributed by atoms with Gasteiger partial charge in [0.2, 0.25) is 5.89 Å². The van der Waals surface area contributed by atoms with Crippen molar-refractivity contribution in [3.63, 3.8) is 0 Å². The van der Waals surface area contributed by atoms with E-state index in [1.165, 1.54) is 0 Å². The van der Waals surface area contributed by atoms with E-state index in [2.05, 4.69) is 26.9 Å². The number of rotatable bonds is 8. The van der Waals surface area contributed by atoms with Gasteiger partial charge in [0.1, 0.15) is 0 Å². The molecule has 1 aromatic heterocycles. The smallest absolute Gasteiger partial charge is 0.226 e. The summed E-state index contributed by atoms with van der Waals surface area (Å²) in [5.74, 6) is 1.53. The maximum atomic E-state index is 10.4. The Balaban J connectivity index is 1.42. The molecular weight excluding hydrogens is 316 g/mol. The van der Waals surface area contributed by atoms with Crippen molar-refractivity contribution in [2.45, 2.75) is 38.8 Å². The Morgan fingerprint density at radius 1 is 1.12 bits per heavy atom. The molecule has 0 aliphatic carbocycles. The number of aliphatic hydroxyl groups excluding tert-OH is 1. The molecule has 0 bridgehead atoms. The summed E-state index contributed by atoms with van der Waals surface area (Å²) >= 11 is 0. The summed E-state index contributed by atoms with van der Waals surface area (Å²) in [5.41, 5.74) is 0.983. The molecule has 136 valence electrons. The normalized spacial score (nSPS) is 17.7. The third kappa shape index (κ3) is 5.36. The molecule has 2 heterocycles.